The van der Waals surface area contributed by atoms with E-state index >= 15 is 0 Å². The van der Waals surface area contributed by atoms with E-state index in [0.29, 0.717) is 10.6 Å². The average molecular weight is 368 g/mol. The maximum absolute atomic E-state index is 13.2. The largest absolute Gasteiger partial charge is 0.491 e. The summed E-state index contributed by atoms with van der Waals surface area (Å²) in [5.41, 5.74) is 0.526. The molecule has 4 nitrogen and oxygen atoms in total. The fourth-order valence-electron chi connectivity index (χ4n) is 3.71. The van der Waals surface area contributed by atoms with Gasteiger partial charge in [-0.25, -0.2) is 8.42 Å². The van der Waals surface area contributed by atoms with E-state index in [4.69, 9.17) is 4.74 Å². The van der Waals surface area contributed by atoms with Crippen molar-refractivity contribution in [1.82, 2.24) is 5.32 Å². The average Bonchev–Trinajstić information content (AvgIpc) is 2.65. The van der Waals surface area contributed by atoms with Crippen LogP contribution in [0.4, 0.5) is 0 Å². The zero-order valence-corrected chi connectivity index (χ0v) is 17.1. The van der Waals surface area contributed by atoms with Crippen LogP contribution in [0.1, 0.15) is 78.3 Å². The van der Waals surface area contributed by atoms with Crippen LogP contribution in [0, 0.1) is 0 Å². The second-order valence-electron chi connectivity index (χ2n) is 7.47. The van der Waals surface area contributed by atoms with Crippen molar-refractivity contribution in [3.05, 3.63) is 23.8 Å². The lowest BCUT2D eigenvalue weighted by atomic mass is 9.89. The number of hydrogen-bond acceptors (Lipinski definition) is 4. The maximum atomic E-state index is 13.2. The summed E-state index contributed by atoms with van der Waals surface area (Å²) in [4.78, 5) is 0.442. The maximum Gasteiger partial charge on any atom is 0.180 e. The van der Waals surface area contributed by atoms with Crippen molar-refractivity contribution in [2.45, 2.75) is 89.3 Å². The monoisotopic (exact) mass is 367 g/mol. The number of sulfone groups is 1. The fourth-order valence-corrected chi connectivity index (χ4v) is 5.89. The third kappa shape index (κ3) is 4.56. The van der Waals surface area contributed by atoms with Gasteiger partial charge < -0.3 is 10.1 Å². The third-order valence-corrected chi connectivity index (χ3v) is 7.06. The van der Waals surface area contributed by atoms with Crippen molar-refractivity contribution in [2.75, 3.05) is 5.75 Å². The van der Waals surface area contributed by atoms with Gasteiger partial charge in [0.15, 0.2) is 9.84 Å². The first kappa shape index (κ1) is 20.2. The quantitative estimate of drug-likeness (QED) is 0.763. The molecule has 0 unspecified atom stereocenters. The summed E-state index contributed by atoms with van der Waals surface area (Å²) < 4.78 is 32.2. The van der Waals surface area contributed by atoms with Gasteiger partial charge in [-0.3, -0.25) is 0 Å². The molecule has 1 N–H and O–H groups in total. The van der Waals surface area contributed by atoms with Gasteiger partial charge in [-0.15, -0.1) is 0 Å². The van der Waals surface area contributed by atoms with E-state index in [1.54, 1.807) is 6.07 Å². The van der Waals surface area contributed by atoms with Crippen LogP contribution >= 0.6 is 0 Å². The van der Waals surface area contributed by atoms with E-state index in [2.05, 4.69) is 26.1 Å². The Labute approximate surface area is 153 Å². The first-order chi connectivity index (χ1) is 11.8. The van der Waals surface area contributed by atoms with Gasteiger partial charge in [0.05, 0.1) is 16.8 Å². The lowest BCUT2D eigenvalue weighted by molar-refractivity contribution is 0.241. The predicted octanol–water partition coefficient (Wildman–Crippen LogP) is 4.64. The van der Waals surface area contributed by atoms with Crippen LogP contribution in [0.15, 0.2) is 23.1 Å². The molecule has 1 aromatic carbocycles. The number of hydrogen-bond donors (Lipinski definition) is 1. The molecule has 1 aliphatic heterocycles. The van der Waals surface area contributed by atoms with Crippen molar-refractivity contribution in [2.24, 2.45) is 0 Å². The SMILES string of the molecule is CCCC[C@]1(CC)CS(=O)(=O)c2cc(OC(C)C)ccc2[C@@H](CC)N1. The Morgan fingerprint density at radius 2 is 2.00 bits per heavy atom. The number of rotatable bonds is 7. The van der Waals surface area contributed by atoms with E-state index in [9.17, 15) is 8.42 Å². The van der Waals surface area contributed by atoms with Crippen LogP contribution in [0.5, 0.6) is 5.75 Å². The molecule has 1 heterocycles. The summed E-state index contributed by atoms with van der Waals surface area (Å²) >= 11 is 0. The Hall–Kier alpha value is -1.07. The summed E-state index contributed by atoms with van der Waals surface area (Å²) in [6.07, 6.45) is 4.68. The molecule has 0 bridgehead atoms. The minimum absolute atomic E-state index is 0.0194. The van der Waals surface area contributed by atoms with Gasteiger partial charge >= 0.3 is 0 Å². The second-order valence-corrected chi connectivity index (χ2v) is 9.43. The summed E-state index contributed by atoms with van der Waals surface area (Å²) in [6, 6.07) is 5.60. The van der Waals surface area contributed by atoms with Crippen molar-refractivity contribution in [3.63, 3.8) is 0 Å². The zero-order chi connectivity index (χ0) is 18.7. The number of benzene rings is 1. The summed E-state index contributed by atoms with van der Waals surface area (Å²) in [5, 5.41) is 3.72. The van der Waals surface area contributed by atoms with Gasteiger partial charge in [0, 0.05) is 11.6 Å². The van der Waals surface area contributed by atoms with Gasteiger partial charge in [0.1, 0.15) is 5.75 Å². The molecule has 0 aromatic heterocycles. The molecule has 0 amide bonds. The van der Waals surface area contributed by atoms with Crippen molar-refractivity contribution in [3.8, 4) is 5.75 Å². The molecular weight excluding hydrogens is 334 g/mol. The van der Waals surface area contributed by atoms with E-state index in [-0.39, 0.29) is 23.4 Å². The Balaban J connectivity index is 2.52. The molecule has 25 heavy (non-hydrogen) atoms. The highest BCUT2D eigenvalue weighted by Gasteiger charge is 2.40. The van der Waals surface area contributed by atoms with Gasteiger partial charge in [0.2, 0.25) is 0 Å². The van der Waals surface area contributed by atoms with Gasteiger partial charge in [-0.2, -0.15) is 0 Å². The molecule has 2 atom stereocenters. The molecule has 0 spiro atoms. The Morgan fingerprint density at radius 1 is 1.28 bits per heavy atom. The summed E-state index contributed by atoms with van der Waals surface area (Å²) in [7, 11) is -3.37. The van der Waals surface area contributed by atoms with E-state index in [0.717, 1.165) is 37.7 Å². The second kappa shape index (κ2) is 8.09. The highest BCUT2D eigenvalue weighted by molar-refractivity contribution is 7.91. The topological polar surface area (TPSA) is 55.4 Å². The molecule has 0 fully saturated rings. The molecule has 0 radical (unpaired) electrons. The minimum atomic E-state index is -3.37. The molecule has 1 aliphatic rings. The van der Waals surface area contributed by atoms with Crippen molar-refractivity contribution in [1.29, 1.82) is 0 Å². The number of nitrogens with one attached hydrogen (secondary N) is 1. The highest BCUT2D eigenvalue weighted by atomic mass is 32.2. The predicted molar refractivity (Wildman–Crippen MR) is 103 cm³/mol. The molecule has 5 heteroatoms. The number of ether oxygens (including phenoxy) is 1. The standard InChI is InChI=1S/C20H33NO3S/c1-6-9-12-20(8-3)14-25(22,23)19-13-16(24-15(4)5)10-11-17(19)18(7-2)21-20/h10-11,13,15,18,21H,6-9,12,14H2,1-5H3/t18-,20-/m1/s1. The fraction of sp³-hybridized carbons (Fsp3) is 0.700. The third-order valence-electron chi connectivity index (χ3n) is 5.11. The summed E-state index contributed by atoms with van der Waals surface area (Å²) in [5.74, 6) is 0.787. The number of unbranched alkanes of at least 4 members (excludes halogenated alkanes) is 1. The molecule has 142 valence electrons. The minimum Gasteiger partial charge on any atom is -0.491 e. The molecule has 2 rings (SSSR count). The zero-order valence-electron chi connectivity index (χ0n) is 16.3. The number of fused-ring (bicyclic) bond motifs is 1. The van der Waals surface area contributed by atoms with Gasteiger partial charge in [-0.05, 0) is 50.8 Å². The van der Waals surface area contributed by atoms with Crippen LogP contribution in [-0.4, -0.2) is 25.8 Å². The lowest BCUT2D eigenvalue weighted by Gasteiger charge is -2.35. The van der Waals surface area contributed by atoms with E-state index < -0.39 is 9.84 Å². The van der Waals surface area contributed by atoms with Crippen molar-refractivity contribution < 1.29 is 13.2 Å². The van der Waals surface area contributed by atoms with Crippen LogP contribution in [0.2, 0.25) is 0 Å². The van der Waals surface area contributed by atoms with Crippen LogP contribution in [-0.2, 0) is 9.84 Å². The molecule has 0 saturated heterocycles. The smallest absolute Gasteiger partial charge is 0.180 e. The highest BCUT2D eigenvalue weighted by Crippen LogP contribution is 2.38. The van der Waals surface area contributed by atoms with Crippen molar-refractivity contribution >= 4 is 9.84 Å². The normalized spacial score (nSPS) is 25.4. The lowest BCUT2D eigenvalue weighted by Crippen LogP contribution is -2.49. The Bertz CT molecular complexity index is 684. The van der Waals surface area contributed by atoms with Crippen LogP contribution < -0.4 is 10.1 Å². The molecule has 1 aromatic rings. The first-order valence-electron chi connectivity index (χ1n) is 9.58. The van der Waals surface area contributed by atoms with Crippen LogP contribution in [0.25, 0.3) is 0 Å². The van der Waals surface area contributed by atoms with E-state index in [1.165, 1.54) is 0 Å². The molecular formula is C20H33NO3S. The Morgan fingerprint density at radius 3 is 2.56 bits per heavy atom. The molecule has 0 saturated carbocycles. The Kier molecular flexibility index (Phi) is 6.55. The van der Waals surface area contributed by atoms with Crippen LogP contribution in [0.3, 0.4) is 0 Å². The van der Waals surface area contributed by atoms with E-state index in [1.807, 2.05) is 26.0 Å². The molecule has 0 aliphatic carbocycles. The van der Waals surface area contributed by atoms with Gasteiger partial charge in [-0.1, -0.05) is 39.7 Å². The summed E-state index contributed by atoms with van der Waals surface area (Å²) in [6.45, 7) is 10.2. The van der Waals surface area contributed by atoms with Gasteiger partial charge in [0.25, 0.3) is 0 Å². The first-order valence-corrected chi connectivity index (χ1v) is 11.2.